The van der Waals surface area contributed by atoms with Gasteiger partial charge in [-0.1, -0.05) is 6.07 Å². The fourth-order valence-corrected chi connectivity index (χ4v) is 2.78. The van der Waals surface area contributed by atoms with Gasteiger partial charge in [-0.15, -0.1) is 0 Å². The van der Waals surface area contributed by atoms with Crippen molar-refractivity contribution in [3.63, 3.8) is 0 Å². The third-order valence-electron chi connectivity index (χ3n) is 3.67. The molecular formula is C14H19N3. The summed E-state index contributed by atoms with van der Waals surface area (Å²) in [5.41, 5.74) is 3.71. The number of nitrogens with one attached hydrogen (secondary N) is 1. The predicted molar refractivity (Wildman–Crippen MR) is 70.4 cm³/mol. The Morgan fingerprint density at radius 1 is 1.47 bits per heavy atom. The van der Waals surface area contributed by atoms with Crippen molar-refractivity contribution >= 4 is 11.0 Å². The third kappa shape index (κ3) is 1.75. The molecule has 1 atom stereocenters. The Morgan fingerprint density at radius 2 is 2.35 bits per heavy atom. The van der Waals surface area contributed by atoms with Gasteiger partial charge in [0.15, 0.2) is 0 Å². The average molecular weight is 229 g/mol. The second-order valence-corrected chi connectivity index (χ2v) is 4.90. The number of aromatic nitrogens is 2. The summed E-state index contributed by atoms with van der Waals surface area (Å²) in [6.45, 7) is 7.53. The Morgan fingerprint density at radius 3 is 3.06 bits per heavy atom. The molecule has 1 N–H and O–H groups in total. The van der Waals surface area contributed by atoms with Crippen molar-refractivity contribution in [3.05, 3.63) is 29.6 Å². The number of imidazole rings is 1. The van der Waals surface area contributed by atoms with E-state index in [0.29, 0.717) is 5.92 Å². The van der Waals surface area contributed by atoms with Crippen molar-refractivity contribution in [2.45, 2.75) is 32.7 Å². The second-order valence-electron chi connectivity index (χ2n) is 4.90. The van der Waals surface area contributed by atoms with Crippen LogP contribution in [0.3, 0.4) is 0 Å². The van der Waals surface area contributed by atoms with Gasteiger partial charge in [0, 0.05) is 19.0 Å². The van der Waals surface area contributed by atoms with Crippen LogP contribution in [0.25, 0.3) is 11.0 Å². The molecular weight excluding hydrogens is 210 g/mol. The molecule has 3 heteroatoms. The monoisotopic (exact) mass is 229 g/mol. The van der Waals surface area contributed by atoms with Gasteiger partial charge in [0.25, 0.3) is 0 Å². The molecule has 1 saturated heterocycles. The minimum absolute atomic E-state index is 0.586. The van der Waals surface area contributed by atoms with Crippen LogP contribution in [0.2, 0.25) is 0 Å². The maximum absolute atomic E-state index is 4.85. The molecule has 90 valence electrons. The zero-order chi connectivity index (χ0) is 11.8. The van der Waals surface area contributed by atoms with Gasteiger partial charge in [0.1, 0.15) is 5.82 Å². The average Bonchev–Trinajstić information content (AvgIpc) is 2.94. The molecule has 0 radical (unpaired) electrons. The van der Waals surface area contributed by atoms with Crippen LogP contribution in [0.1, 0.15) is 30.7 Å². The summed E-state index contributed by atoms with van der Waals surface area (Å²) in [7, 11) is 0. The highest BCUT2D eigenvalue weighted by Crippen LogP contribution is 2.26. The lowest BCUT2D eigenvalue weighted by Crippen LogP contribution is -2.12. The SMILES string of the molecule is CCn1c(C2CCNC2)nc2cc(C)ccc21. The van der Waals surface area contributed by atoms with Crippen molar-refractivity contribution in [1.29, 1.82) is 0 Å². The fourth-order valence-electron chi connectivity index (χ4n) is 2.78. The molecule has 17 heavy (non-hydrogen) atoms. The highest BCUT2D eigenvalue weighted by Gasteiger charge is 2.22. The molecule has 1 aromatic carbocycles. The summed E-state index contributed by atoms with van der Waals surface area (Å²) < 4.78 is 2.37. The summed E-state index contributed by atoms with van der Waals surface area (Å²) in [4.78, 5) is 4.85. The Labute approximate surface area is 102 Å². The number of aryl methyl sites for hydroxylation is 2. The Kier molecular flexibility index (Phi) is 2.63. The molecule has 3 rings (SSSR count). The van der Waals surface area contributed by atoms with E-state index >= 15 is 0 Å². The number of hydrogen-bond donors (Lipinski definition) is 1. The maximum Gasteiger partial charge on any atom is 0.114 e. The van der Waals surface area contributed by atoms with Gasteiger partial charge in [0.2, 0.25) is 0 Å². The quantitative estimate of drug-likeness (QED) is 0.857. The van der Waals surface area contributed by atoms with Gasteiger partial charge in [-0.2, -0.15) is 0 Å². The third-order valence-corrected chi connectivity index (χ3v) is 3.67. The van der Waals surface area contributed by atoms with Crippen molar-refractivity contribution in [3.8, 4) is 0 Å². The van der Waals surface area contributed by atoms with Gasteiger partial charge >= 0.3 is 0 Å². The first-order valence-electron chi connectivity index (χ1n) is 6.47. The molecule has 1 aromatic heterocycles. The topological polar surface area (TPSA) is 29.9 Å². The largest absolute Gasteiger partial charge is 0.328 e. The number of benzene rings is 1. The van der Waals surface area contributed by atoms with Gasteiger partial charge in [-0.05, 0) is 44.5 Å². The van der Waals surface area contributed by atoms with E-state index in [2.05, 4.69) is 41.9 Å². The Balaban J connectivity index is 2.16. The molecule has 0 saturated carbocycles. The van der Waals surface area contributed by atoms with E-state index < -0.39 is 0 Å². The van der Waals surface area contributed by atoms with Crippen molar-refractivity contribution < 1.29 is 0 Å². The van der Waals surface area contributed by atoms with Crippen LogP contribution >= 0.6 is 0 Å². The summed E-state index contributed by atoms with van der Waals surface area (Å²) in [5.74, 6) is 1.85. The van der Waals surface area contributed by atoms with Crippen molar-refractivity contribution in [2.24, 2.45) is 0 Å². The summed E-state index contributed by atoms with van der Waals surface area (Å²) in [6.07, 6.45) is 1.21. The van der Waals surface area contributed by atoms with Crippen LogP contribution in [0.15, 0.2) is 18.2 Å². The number of hydrogen-bond acceptors (Lipinski definition) is 2. The molecule has 1 aliphatic heterocycles. The van der Waals surface area contributed by atoms with Crippen LogP contribution in [0, 0.1) is 6.92 Å². The molecule has 2 aromatic rings. The zero-order valence-electron chi connectivity index (χ0n) is 10.5. The van der Waals surface area contributed by atoms with E-state index in [1.807, 2.05) is 0 Å². The lowest BCUT2D eigenvalue weighted by molar-refractivity contribution is 0.631. The Hall–Kier alpha value is -1.35. The van der Waals surface area contributed by atoms with Gasteiger partial charge in [0.05, 0.1) is 11.0 Å². The van der Waals surface area contributed by atoms with E-state index in [9.17, 15) is 0 Å². The zero-order valence-corrected chi connectivity index (χ0v) is 10.5. The van der Waals surface area contributed by atoms with Gasteiger partial charge in [-0.3, -0.25) is 0 Å². The van der Waals surface area contributed by atoms with E-state index in [-0.39, 0.29) is 0 Å². The maximum atomic E-state index is 4.85. The standard InChI is InChI=1S/C14H19N3/c1-3-17-13-5-4-10(2)8-12(13)16-14(17)11-6-7-15-9-11/h4-5,8,11,15H,3,6-7,9H2,1-2H3. The van der Waals surface area contributed by atoms with Gasteiger partial charge < -0.3 is 9.88 Å². The fraction of sp³-hybridized carbons (Fsp3) is 0.500. The van der Waals surface area contributed by atoms with Gasteiger partial charge in [-0.25, -0.2) is 4.98 Å². The van der Waals surface area contributed by atoms with Crippen molar-refractivity contribution in [2.75, 3.05) is 13.1 Å². The van der Waals surface area contributed by atoms with E-state index in [1.54, 1.807) is 0 Å². The molecule has 2 heterocycles. The van der Waals surface area contributed by atoms with Crippen molar-refractivity contribution in [1.82, 2.24) is 14.9 Å². The minimum atomic E-state index is 0.586. The molecule has 1 unspecified atom stereocenters. The molecule has 3 nitrogen and oxygen atoms in total. The van der Waals surface area contributed by atoms with Crippen LogP contribution in [0.4, 0.5) is 0 Å². The van der Waals surface area contributed by atoms with Crippen LogP contribution in [-0.4, -0.2) is 22.6 Å². The minimum Gasteiger partial charge on any atom is -0.328 e. The lowest BCUT2D eigenvalue weighted by atomic mass is 10.1. The van der Waals surface area contributed by atoms with E-state index in [0.717, 1.165) is 25.2 Å². The van der Waals surface area contributed by atoms with Crippen LogP contribution < -0.4 is 5.32 Å². The first kappa shape index (κ1) is 10.8. The summed E-state index contributed by atoms with van der Waals surface area (Å²) >= 11 is 0. The first-order valence-corrected chi connectivity index (χ1v) is 6.47. The molecule has 0 spiro atoms. The predicted octanol–water partition coefficient (Wildman–Crippen LogP) is 2.44. The van der Waals surface area contributed by atoms with E-state index in [4.69, 9.17) is 4.98 Å². The smallest absolute Gasteiger partial charge is 0.114 e. The molecule has 0 amide bonds. The van der Waals surface area contributed by atoms with E-state index in [1.165, 1.54) is 23.3 Å². The Bertz CT molecular complexity index is 536. The molecule has 1 fully saturated rings. The number of fused-ring (bicyclic) bond motifs is 1. The first-order chi connectivity index (χ1) is 8.29. The number of rotatable bonds is 2. The molecule has 0 bridgehead atoms. The summed E-state index contributed by atoms with van der Waals surface area (Å²) in [6, 6.07) is 6.56. The number of nitrogens with zero attached hydrogens (tertiary/aromatic N) is 2. The summed E-state index contributed by atoms with van der Waals surface area (Å²) in [5, 5.41) is 3.42. The highest BCUT2D eigenvalue weighted by atomic mass is 15.1. The highest BCUT2D eigenvalue weighted by molar-refractivity contribution is 5.77. The van der Waals surface area contributed by atoms with Crippen LogP contribution in [0.5, 0.6) is 0 Å². The van der Waals surface area contributed by atoms with Crippen LogP contribution in [-0.2, 0) is 6.54 Å². The lowest BCUT2D eigenvalue weighted by Gasteiger charge is -2.10. The molecule has 0 aliphatic carbocycles. The molecule has 1 aliphatic rings. The normalized spacial score (nSPS) is 20.2. The second kappa shape index (κ2) is 4.15.